The van der Waals surface area contributed by atoms with Crippen molar-refractivity contribution in [1.29, 1.82) is 0 Å². The average Bonchev–Trinajstić information content (AvgIpc) is 3.13. The van der Waals surface area contributed by atoms with Crippen molar-refractivity contribution < 1.29 is 9.59 Å². The van der Waals surface area contributed by atoms with Gasteiger partial charge in [-0.05, 0) is 31.4 Å². The fraction of sp³-hybridized carbons (Fsp3) is 0.500. The number of hydrogen-bond donors (Lipinski definition) is 0. The number of amides is 2. The van der Waals surface area contributed by atoms with Gasteiger partial charge >= 0.3 is 0 Å². The van der Waals surface area contributed by atoms with Crippen molar-refractivity contribution in [3.63, 3.8) is 0 Å². The van der Waals surface area contributed by atoms with Crippen LogP contribution in [-0.2, 0) is 11.3 Å². The first-order chi connectivity index (χ1) is 11.1. The highest BCUT2D eigenvalue weighted by Gasteiger charge is 2.31. The van der Waals surface area contributed by atoms with Crippen molar-refractivity contribution in [1.82, 2.24) is 14.4 Å². The minimum Gasteiger partial charge on any atom is -0.335 e. The Morgan fingerprint density at radius 1 is 1.39 bits per heavy atom. The lowest BCUT2D eigenvalue weighted by atomic mass is 10.1. The van der Waals surface area contributed by atoms with E-state index >= 15 is 0 Å². The molecule has 0 bridgehead atoms. The molecule has 23 heavy (non-hydrogen) atoms. The predicted octanol–water partition coefficient (Wildman–Crippen LogP) is 2.63. The number of rotatable bonds is 3. The summed E-state index contributed by atoms with van der Waals surface area (Å²) in [6, 6.07) is 4.01. The SMILES string of the molecule is CCn1c(C(=O)N2CCN(C(=O)CCl)C(C)C2)cc2ccsc21. The van der Waals surface area contributed by atoms with Crippen molar-refractivity contribution in [2.45, 2.75) is 26.4 Å². The summed E-state index contributed by atoms with van der Waals surface area (Å²) in [5, 5.41) is 3.16. The highest BCUT2D eigenvalue weighted by molar-refractivity contribution is 7.16. The van der Waals surface area contributed by atoms with Crippen LogP contribution in [0.2, 0.25) is 0 Å². The Morgan fingerprint density at radius 2 is 2.17 bits per heavy atom. The molecule has 0 radical (unpaired) electrons. The topological polar surface area (TPSA) is 45.6 Å². The molecule has 2 aromatic heterocycles. The van der Waals surface area contributed by atoms with Gasteiger partial charge in [-0.3, -0.25) is 9.59 Å². The fourth-order valence-corrected chi connectivity index (χ4v) is 4.33. The number of aryl methyl sites for hydroxylation is 1. The largest absolute Gasteiger partial charge is 0.335 e. The molecule has 0 N–H and O–H groups in total. The zero-order valence-electron chi connectivity index (χ0n) is 13.3. The highest BCUT2D eigenvalue weighted by Crippen LogP contribution is 2.26. The number of halogens is 1. The van der Waals surface area contributed by atoms with E-state index in [4.69, 9.17) is 11.6 Å². The molecular formula is C16H20ClN3O2S. The Hall–Kier alpha value is -1.53. The van der Waals surface area contributed by atoms with Gasteiger partial charge in [-0.15, -0.1) is 22.9 Å². The van der Waals surface area contributed by atoms with Gasteiger partial charge in [0, 0.05) is 37.6 Å². The zero-order valence-corrected chi connectivity index (χ0v) is 14.9. The molecule has 2 aromatic rings. The molecule has 1 atom stereocenters. The molecular weight excluding hydrogens is 334 g/mol. The molecule has 0 aromatic carbocycles. The van der Waals surface area contributed by atoms with Crippen LogP contribution in [0.15, 0.2) is 17.5 Å². The third kappa shape index (κ3) is 2.85. The van der Waals surface area contributed by atoms with Crippen LogP contribution in [0.1, 0.15) is 24.3 Å². The molecule has 1 saturated heterocycles. The summed E-state index contributed by atoms with van der Waals surface area (Å²) < 4.78 is 2.07. The average molecular weight is 354 g/mol. The molecule has 3 rings (SSSR count). The first kappa shape index (κ1) is 16.3. The van der Waals surface area contributed by atoms with Crippen LogP contribution in [0, 0.1) is 0 Å². The molecule has 2 amide bonds. The highest BCUT2D eigenvalue weighted by atomic mass is 35.5. The Balaban J connectivity index is 1.80. The number of hydrogen-bond acceptors (Lipinski definition) is 3. The van der Waals surface area contributed by atoms with E-state index in [2.05, 4.69) is 11.5 Å². The molecule has 1 aliphatic heterocycles. The second-order valence-corrected chi connectivity index (χ2v) is 6.94. The van der Waals surface area contributed by atoms with E-state index in [1.165, 1.54) is 0 Å². The van der Waals surface area contributed by atoms with Crippen molar-refractivity contribution >= 4 is 45.0 Å². The summed E-state index contributed by atoms with van der Waals surface area (Å²) in [5.41, 5.74) is 0.735. The van der Waals surface area contributed by atoms with Gasteiger partial charge in [-0.2, -0.15) is 0 Å². The fourth-order valence-electron chi connectivity index (χ4n) is 3.22. The van der Waals surface area contributed by atoms with E-state index in [9.17, 15) is 9.59 Å². The van der Waals surface area contributed by atoms with E-state index in [1.807, 2.05) is 29.3 Å². The summed E-state index contributed by atoms with van der Waals surface area (Å²) in [7, 11) is 0. The molecule has 1 aliphatic rings. The van der Waals surface area contributed by atoms with Crippen LogP contribution in [0.25, 0.3) is 10.2 Å². The molecule has 1 fully saturated rings. The Labute approximate surface area is 144 Å². The quantitative estimate of drug-likeness (QED) is 0.796. The minimum absolute atomic E-state index is 0.00670. The van der Waals surface area contributed by atoms with Crippen molar-refractivity contribution in [2.75, 3.05) is 25.5 Å². The van der Waals surface area contributed by atoms with Gasteiger partial charge in [0.2, 0.25) is 5.91 Å². The van der Waals surface area contributed by atoms with E-state index < -0.39 is 0 Å². The third-order valence-corrected chi connectivity index (χ3v) is 5.57. The summed E-state index contributed by atoms with van der Waals surface area (Å²) in [6.45, 7) is 6.42. The molecule has 0 saturated carbocycles. The number of carbonyl (C=O) groups excluding carboxylic acids is 2. The smallest absolute Gasteiger partial charge is 0.270 e. The zero-order chi connectivity index (χ0) is 16.6. The molecule has 0 aliphatic carbocycles. The number of aromatic nitrogens is 1. The van der Waals surface area contributed by atoms with Gasteiger partial charge in [0.25, 0.3) is 5.91 Å². The van der Waals surface area contributed by atoms with E-state index in [0.29, 0.717) is 19.6 Å². The number of nitrogens with zero attached hydrogens (tertiary/aromatic N) is 3. The first-order valence-corrected chi connectivity index (χ1v) is 9.19. The van der Waals surface area contributed by atoms with E-state index in [-0.39, 0.29) is 23.7 Å². The summed E-state index contributed by atoms with van der Waals surface area (Å²) >= 11 is 7.30. The van der Waals surface area contributed by atoms with Gasteiger partial charge in [-0.25, -0.2) is 0 Å². The molecule has 7 heteroatoms. The molecule has 124 valence electrons. The second-order valence-electron chi connectivity index (χ2n) is 5.78. The lowest BCUT2D eigenvalue weighted by Gasteiger charge is -2.39. The summed E-state index contributed by atoms with van der Waals surface area (Å²) in [4.78, 5) is 29.5. The number of alkyl halides is 1. The van der Waals surface area contributed by atoms with Crippen LogP contribution in [0.5, 0.6) is 0 Å². The molecule has 1 unspecified atom stereocenters. The van der Waals surface area contributed by atoms with Gasteiger partial charge < -0.3 is 14.4 Å². The van der Waals surface area contributed by atoms with Gasteiger partial charge in [-0.1, -0.05) is 0 Å². The standard InChI is InChI=1S/C16H20ClN3O2S/c1-3-19-13(8-12-4-7-23-16(12)19)15(22)18-5-6-20(11(2)10-18)14(21)9-17/h4,7-8,11H,3,5-6,9-10H2,1-2H3. The van der Waals surface area contributed by atoms with Gasteiger partial charge in [0.15, 0.2) is 0 Å². The van der Waals surface area contributed by atoms with E-state index in [0.717, 1.165) is 22.5 Å². The predicted molar refractivity (Wildman–Crippen MR) is 93.3 cm³/mol. The number of fused-ring (bicyclic) bond motifs is 1. The van der Waals surface area contributed by atoms with Crippen molar-refractivity contribution in [2.24, 2.45) is 0 Å². The van der Waals surface area contributed by atoms with Crippen molar-refractivity contribution in [3.05, 3.63) is 23.2 Å². The monoisotopic (exact) mass is 353 g/mol. The van der Waals surface area contributed by atoms with Crippen molar-refractivity contribution in [3.8, 4) is 0 Å². The molecule has 0 spiro atoms. The summed E-state index contributed by atoms with van der Waals surface area (Å²) in [6.07, 6.45) is 0. The normalized spacial score (nSPS) is 18.7. The maximum atomic E-state index is 12.9. The van der Waals surface area contributed by atoms with Crippen LogP contribution < -0.4 is 0 Å². The summed E-state index contributed by atoms with van der Waals surface area (Å²) in [5.74, 6) is -0.0310. The van der Waals surface area contributed by atoms with Crippen LogP contribution in [0.3, 0.4) is 0 Å². The maximum Gasteiger partial charge on any atom is 0.270 e. The van der Waals surface area contributed by atoms with E-state index in [1.54, 1.807) is 16.2 Å². The van der Waals surface area contributed by atoms with Gasteiger partial charge in [0.05, 0.1) is 0 Å². The maximum absolute atomic E-state index is 12.9. The number of piperazine rings is 1. The molecule has 3 heterocycles. The Morgan fingerprint density at radius 3 is 2.83 bits per heavy atom. The second kappa shape index (κ2) is 6.53. The lowest BCUT2D eigenvalue weighted by molar-refractivity contribution is -0.132. The Bertz CT molecular complexity index is 739. The Kier molecular flexibility index (Phi) is 4.64. The minimum atomic E-state index is -0.0660. The lowest BCUT2D eigenvalue weighted by Crippen LogP contribution is -2.55. The van der Waals surface area contributed by atoms with Gasteiger partial charge in [0.1, 0.15) is 16.4 Å². The van der Waals surface area contributed by atoms with Crippen LogP contribution >= 0.6 is 22.9 Å². The molecule has 5 nitrogen and oxygen atoms in total. The van der Waals surface area contributed by atoms with Crippen LogP contribution in [0.4, 0.5) is 0 Å². The number of thiophene rings is 1. The third-order valence-electron chi connectivity index (χ3n) is 4.39. The number of carbonyl (C=O) groups is 2. The van der Waals surface area contributed by atoms with Crippen LogP contribution in [-0.4, -0.2) is 57.7 Å². The first-order valence-electron chi connectivity index (χ1n) is 7.78.